The molecule has 1 atom stereocenters. The van der Waals surface area contributed by atoms with Gasteiger partial charge in [0, 0.05) is 48.9 Å². The highest BCUT2D eigenvalue weighted by molar-refractivity contribution is 5.95. The quantitative estimate of drug-likeness (QED) is 0.798. The molecule has 1 unspecified atom stereocenters. The molecule has 4 nitrogen and oxygen atoms in total. The first kappa shape index (κ1) is 14.7. The van der Waals surface area contributed by atoms with Crippen molar-refractivity contribution >= 4 is 22.9 Å². The van der Waals surface area contributed by atoms with E-state index in [1.807, 2.05) is 41.3 Å². The third-order valence-corrected chi connectivity index (χ3v) is 4.18. The van der Waals surface area contributed by atoms with E-state index in [9.17, 15) is 4.79 Å². The minimum absolute atomic E-state index is 0.0773. The number of nitrogens with zero attached hydrogens (tertiary/aromatic N) is 3. The summed E-state index contributed by atoms with van der Waals surface area (Å²) >= 11 is 0. The zero-order valence-electron chi connectivity index (χ0n) is 13.1. The summed E-state index contributed by atoms with van der Waals surface area (Å²) in [6, 6.07) is 10.2. The fraction of sp³-hybridized carbons (Fsp3) is 0.333. The van der Waals surface area contributed by atoms with Crippen LogP contribution >= 0.6 is 0 Å². The molecule has 1 aliphatic heterocycles. The Morgan fingerprint density at radius 2 is 2.09 bits per heavy atom. The van der Waals surface area contributed by atoms with Gasteiger partial charge in [0.15, 0.2) is 0 Å². The molecule has 0 radical (unpaired) electrons. The molecule has 2 aromatic rings. The number of carbonyl (C=O) groups excluding carboxylic acids is 1. The van der Waals surface area contributed by atoms with Gasteiger partial charge in [-0.25, -0.2) is 0 Å². The van der Waals surface area contributed by atoms with E-state index in [2.05, 4.69) is 23.9 Å². The van der Waals surface area contributed by atoms with Crippen LogP contribution in [0, 0.1) is 0 Å². The summed E-state index contributed by atoms with van der Waals surface area (Å²) in [5, 5.41) is 1.09. The van der Waals surface area contributed by atoms with Crippen molar-refractivity contribution in [1.29, 1.82) is 0 Å². The van der Waals surface area contributed by atoms with Crippen molar-refractivity contribution in [2.75, 3.05) is 26.7 Å². The Kier molecular flexibility index (Phi) is 4.20. The molecule has 0 saturated carbocycles. The molecule has 1 aromatic heterocycles. The van der Waals surface area contributed by atoms with E-state index >= 15 is 0 Å². The number of pyridine rings is 1. The smallest absolute Gasteiger partial charge is 0.246 e. The lowest BCUT2D eigenvalue weighted by Gasteiger charge is -2.37. The van der Waals surface area contributed by atoms with Gasteiger partial charge in [-0.1, -0.05) is 24.3 Å². The highest BCUT2D eigenvalue weighted by Gasteiger charge is 2.23. The Balaban J connectivity index is 1.79. The van der Waals surface area contributed by atoms with Gasteiger partial charge < -0.3 is 9.80 Å². The number of rotatable bonds is 2. The molecule has 2 heterocycles. The molecule has 0 bridgehead atoms. The number of amides is 1. The standard InChI is InChI=1S/C18H21N3O/c1-14-13-20(2)11-12-21(14)17(22)9-8-16-6-3-5-15-7-4-10-19-18(15)16/h3-10,14H,11-13H2,1-2H3. The Labute approximate surface area is 131 Å². The lowest BCUT2D eigenvalue weighted by molar-refractivity contribution is -0.129. The second kappa shape index (κ2) is 6.28. The highest BCUT2D eigenvalue weighted by Crippen LogP contribution is 2.17. The monoisotopic (exact) mass is 295 g/mol. The summed E-state index contributed by atoms with van der Waals surface area (Å²) in [6.07, 6.45) is 5.33. The molecule has 1 aromatic carbocycles. The van der Waals surface area contributed by atoms with Crippen LogP contribution in [0.3, 0.4) is 0 Å². The molecule has 0 aliphatic carbocycles. The molecule has 1 aliphatic rings. The van der Waals surface area contributed by atoms with E-state index in [4.69, 9.17) is 0 Å². The minimum atomic E-state index is 0.0773. The number of benzene rings is 1. The van der Waals surface area contributed by atoms with Crippen molar-refractivity contribution in [2.24, 2.45) is 0 Å². The maximum absolute atomic E-state index is 12.4. The Bertz CT molecular complexity index is 705. The predicted octanol–water partition coefficient (Wildman–Crippen LogP) is 2.41. The van der Waals surface area contributed by atoms with E-state index in [0.717, 1.165) is 36.1 Å². The van der Waals surface area contributed by atoms with Gasteiger partial charge in [0.2, 0.25) is 5.91 Å². The van der Waals surface area contributed by atoms with Gasteiger partial charge in [-0.3, -0.25) is 9.78 Å². The molecular formula is C18H21N3O. The molecule has 4 heteroatoms. The summed E-state index contributed by atoms with van der Waals surface area (Å²) in [5.74, 6) is 0.0773. The molecular weight excluding hydrogens is 274 g/mol. The molecule has 22 heavy (non-hydrogen) atoms. The Morgan fingerprint density at radius 3 is 2.91 bits per heavy atom. The average Bonchev–Trinajstić information content (AvgIpc) is 2.52. The van der Waals surface area contributed by atoms with Crippen LogP contribution in [0.2, 0.25) is 0 Å². The molecule has 1 saturated heterocycles. The summed E-state index contributed by atoms with van der Waals surface area (Å²) < 4.78 is 0. The first-order valence-electron chi connectivity index (χ1n) is 7.66. The summed E-state index contributed by atoms with van der Waals surface area (Å²) in [7, 11) is 2.09. The van der Waals surface area contributed by atoms with E-state index < -0.39 is 0 Å². The molecule has 1 amide bonds. The third kappa shape index (κ3) is 3.02. The van der Waals surface area contributed by atoms with Crippen LogP contribution in [0.5, 0.6) is 0 Å². The summed E-state index contributed by atoms with van der Waals surface area (Å²) in [6.45, 7) is 4.74. The number of fused-ring (bicyclic) bond motifs is 1. The molecule has 0 N–H and O–H groups in total. The maximum atomic E-state index is 12.4. The van der Waals surface area contributed by atoms with Crippen molar-refractivity contribution in [3.63, 3.8) is 0 Å². The van der Waals surface area contributed by atoms with Crippen LogP contribution < -0.4 is 0 Å². The number of carbonyl (C=O) groups is 1. The molecule has 3 rings (SSSR count). The van der Waals surface area contributed by atoms with Gasteiger partial charge in [-0.15, -0.1) is 0 Å². The van der Waals surface area contributed by atoms with E-state index in [-0.39, 0.29) is 11.9 Å². The topological polar surface area (TPSA) is 36.4 Å². The zero-order chi connectivity index (χ0) is 15.5. The lowest BCUT2D eigenvalue weighted by Crippen LogP contribution is -2.52. The summed E-state index contributed by atoms with van der Waals surface area (Å²) in [4.78, 5) is 21.0. The fourth-order valence-corrected chi connectivity index (χ4v) is 2.99. The number of para-hydroxylation sites is 1. The van der Waals surface area contributed by atoms with Crippen LogP contribution in [-0.4, -0.2) is 53.4 Å². The van der Waals surface area contributed by atoms with Gasteiger partial charge in [-0.2, -0.15) is 0 Å². The van der Waals surface area contributed by atoms with Crippen LogP contribution in [0.1, 0.15) is 12.5 Å². The van der Waals surface area contributed by atoms with Crippen molar-refractivity contribution in [3.05, 3.63) is 48.2 Å². The third-order valence-electron chi connectivity index (χ3n) is 4.18. The Morgan fingerprint density at radius 1 is 1.27 bits per heavy atom. The predicted molar refractivity (Wildman–Crippen MR) is 89.4 cm³/mol. The maximum Gasteiger partial charge on any atom is 0.246 e. The second-order valence-electron chi connectivity index (χ2n) is 5.90. The summed E-state index contributed by atoms with van der Waals surface area (Å²) in [5.41, 5.74) is 1.91. The van der Waals surface area contributed by atoms with Crippen molar-refractivity contribution in [3.8, 4) is 0 Å². The number of piperazine rings is 1. The molecule has 0 spiro atoms. The first-order chi connectivity index (χ1) is 10.6. The number of likely N-dealkylation sites (N-methyl/N-ethyl adjacent to an activating group) is 1. The van der Waals surface area contributed by atoms with Crippen LogP contribution in [-0.2, 0) is 4.79 Å². The highest BCUT2D eigenvalue weighted by atomic mass is 16.2. The Hall–Kier alpha value is -2.20. The van der Waals surface area contributed by atoms with Crippen LogP contribution in [0.15, 0.2) is 42.6 Å². The number of aromatic nitrogens is 1. The van der Waals surface area contributed by atoms with Crippen molar-refractivity contribution < 1.29 is 4.79 Å². The van der Waals surface area contributed by atoms with Crippen molar-refractivity contribution in [1.82, 2.24) is 14.8 Å². The zero-order valence-corrected chi connectivity index (χ0v) is 13.1. The lowest BCUT2D eigenvalue weighted by atomic mass is 10.1. The molecule has 114 valence electrons. The number of hydrogen-bond acceptors (Lipinski definition) is 3. The van der Waals surface area contributed by atoms with Gasteiger partial charge in [0.25, 0.3) is 0 Å². The normalized spacial score (nSPS) is 19.9. The fourth-order valence-electron chi connectivity index (χ4n) is 2.99. The largest absolute Gasteiger partial charge is 0.334 e. The van der Waals surface area contributed by atoms with Gasteiger partial charge in [-0.05, 0) is 26.1 Å². The van der Waals surface area contributed by atoms with Crippen molar-refractivity contribution in [2.45, 2.75) is 13.0 Å². The van der Waals surface area contributed by atoms with E-state index in [0.29, 0.717) is 0 Å². The minimum Gasteiger partial charge on any atom is -0.334 e. The number of hydrogen-bond donors (Lipinski definition) is 0. The van der Waals surface area contributed by atoms with Gasteiger partial charge in [0.1, 0.15) is 0 Å². The van der Waals surface area contributed by atoms with E-state index in [1.165, 1.54) is 0 Å². The van der Waals surface area contributed by atoms with Gasteiger partial charge >= 0.3 is 0 Å². The van der Waals surface area contributed by atoms with Gasteiger partial charge in [0.05, 0.1) is 5.52 Å². The van der Waals surface area contributed by atoms with Crippen LogP contribution in [0.25, 0.3) is 17.0 Å². The second-order valence-corrected chi connectivity index (χ2v) is 5.90. The van der Waals surface area contributed by atoms with E-state index in [1.54, 1.807) is 12.3 Å². The first-order valence-corrected chi connectivity index (χ1v) is 7.66. The average molecular weight is 295 g/mol. The molecule has 1 fully saturated rings. The SMILES string of the molecule is CC1CN(C)CCN1C(=O)C=Cc1cccc2cccnc12. The van der Waals surface area contributed by atoms with Crippen LogP contribution in [0.4, 0.5) is 0 Å².